The highest BCUT2D eigenvalue weighted by atomic mass is 19.4. The first-order chi connectivity index (χ1) is 10.2. The number of carboxylic acid groups (broad SMARTS) is 1. The Bertz CT molecular complexity index is 554. The van der Waals surface area contributed by atoms with E-state index in [4.69, 9.17) is 5.11 Å². The largest absolute Gasteiger partial charge is 0.476 e. The second-order valence-corrected chi connectivity index (χ2v) is 5.29. The molecule has 0 atom stereocenters. The van der Waals surface area contributed by atoms with E-state index in [1.165, 1.54) is 0 Å². The molecule has 0 aromatic carbocycles. The second-order valence-electron chi connectivity index (χ2n) is 5.29. The predicted octanol–water partition coefficient (Wildman–Crippen LogP) is 1.17. The van der Waals surface area contributed by atoms with Crippen LogP contribution in [0.1, 0.15) is 29.8 Å². The van der Waals surface area contributed by atoms with E-state index in [0.717, 1.165) is 35.0 Å². The van der Waals surface area contributed by atoms with Crippen molar-refractivity contribution >= 4 is 11.9 Å². The van der Waals surface area contributed by atoms with Crippen LogP contribution in [0.4, 0.5) is 13.2 Å². The van der Waals surface area contributed by atoms with E-state index in [2.05, 4.69) is 10.3 Å². The molecule has 0 aliphatic heterocycles. The molecule has 122 valence electrons. The molecule has 1 aliphatic rings. The molecule has 7 nitrogen and oxygen atoms in total. The number of alkyl halides is 3. The summed E-state index contributed by atoms with van der Waals surface area (Å²) in [5.74, 6) is -1.98. The van der Waals surface area contributed by atoms with Crippen LogP contribution < -0.4 is 0 Å². The fraction of sp³-hybridized carbons (Fsp3) is 0.667. The SMILES string of the molecule is O=C(O)c1cn(CC(=O)N(CC2CCC2)CC(F)(F)F)nn1. The van der Waals surface area contributed by atoms with E-state index in [1.807, 2.05) is 0 Å². The highest BCUT2D eigenvalue weighted by Crippen LogP contribution is 2.28. The molecule has 1 aliphatic carbocycles. The Kier molecular flexibility index (Phi) is 4.67. The Morgan fingerprint density at radius 2 is 2.09 bits per heavy atom. The summed E-state index contributed by atoms with van der Waals surface area (Å²) in [6.07, 6.45) is -0.880. The number of aromatic carboxylic acids is 1. The van der Waals surface area contributed by atoms with Crippen molar-refractivity contribution in [3.8, 4) is 0 Å². The molecule has 0 radical (unpaired) electrons. The lowest BCUT2D eigenvalue weighted by atomic mass is 9.85. The van der Waals surface area contributed by atoms with Crippen molar-refractivity contribution in [2.24, 2.45) is 5.92 Å². The van der Waals surface area contributed by atoms with E-state index < -0.39 is 31.1 Å². The number of hydrogen-bond donors (Lipinski definition) is 1. The Balaban J connectivity index is 2.01. The van der Waals surface area contributed by atoms with Gasteiger partial charge in [-0.25, -0.2) is 9.48 Å². The highest BCUT2D eigenvalue weighted by molar-refractivity contribution is 5.84. The van der Waals surface area contributed by atoms with Crippen molar-refractivity contribution in [3.63, 3.8) is 0 Å². The Morgan fingerprint density at radius 1 is 1.41 bits per heavy atom. The lowest BCUT2D eigenvalue weighted by molar-refractivity contribution is -0.163. The molecular weight excluding hydrogens is 305 g/mol. The summed E-state index contributed by atoms with van der Waals surface area (Å²) in [6.45, 7) is -1.73. The van der Waals surface area contributed by atoms with Crippen LogP contribution in [-0.2, 0) is 11.3 Å². The summed E-state index contributed by atoms with van der Waals surface area (Å²) >= 11 is 0. The van der Waals surface area contributed by atoms with Crippen LogP contribution in [0.15, 0.2) is 6.20 Å². The molecule has 0 spiro atoms. The van der Waals surface area contributed by atoms with E-state index >= 15 is 0 Å². The lowest BCUT2D eigenvalue weighted by Gasteiger charge is -2.32. The first kappa shape index (κ1) is 16.2. The molecule has 22 heavy (non-hydrogen) atoms. The smallest absolute Gasteiger partial charge is 0.406 e. The summed E-state index contributed by atoms with van der Waals surface area (Å²) in [5, 5.41) is 15.4. The van der Waals surface area contributed by atoms with Gasteiger partial charge in [-0.3, -0.25) is 4.79 Å². The van der Waals surface area contributed by atoms with Crippen molar-refractivity contribution < 1.29 is 27.9 Å². The molecule has 1 aromatic rings. The average Bonchev–Trinajstić information content (AvgIpc) is 2.79. The zero-order valence-electron chi connectivity index (χ0n) is 11.6. The minimum atomic E-state index is -4.48. The third kappa shape index (κ3) is 4.43. The van der Waals surface area contributed by atoms with Gasteiger partial charge in [-0.2, -0.15) is 13.2 Å². The highest BCUT2D eigenvalue weighted by Gasteiger charge is 2.35. The quantitative estimate of drug-likeness (QED) is 0.850. The minimum Gasteiger partial charge on any atom is -0.476 e. The van der Waals surface area contributed by atoms with Crippen LogP contribution in [0.2, 0.25) is 0 Å². The van der Waals surface area contributed by atoms with Crippen LogP contribution in [0.5, 0.6) is 0 Å². The lowest BCUT2D eigenvalue weighted by Crippen LogP contribution is -2.44. The minimum absolute atomic E-state index is 0.0544. The number of carbonyl (C=O) groups is 2. The van der Waals surface area contributed by atoms with Gasteiger partial charge in [-0.05, 0) is 18.8 Å². The van der Waals surface area contributed by atoms with Gasteiger partial charge in [-0.1, -0.05) is 11.6 Å². The summed E-state index contributed by atoms with van der Waals surface area (Å²) in [6, 6.07) is 0. The van der Waals surface area contributed by atoms with Gasteiger partial charge in [0.1, 0.15) is 13.1 Å². The number of rotatable bonds is 6. The summed E-state index contributed by atoms with van der Waals surface area (Å²) in [5.41, 5.74) is -0.367. The van der Waals surface area contributed by atoms with Gasteiger partial charge in [0.2, 0.25) is 5.91 Å². The van der Waals surface area contributed by atoms with Gasteiger partial charge in [0.05, 0.1) is 6.20 Å². The molecule has 1 saturated carbocycles. The van der Waals surface area contributed by atoms with Crippen molar-refractivity contribution in [1.29, 1.82) is 0 Å². The topological polar surface area (TPSA) is 88.3 Å². The molecule has 0 unspecified atom stereocenters. The summed E-state index contributed by atoms with van der Waals surface area (Å²) in [4.78, 5) is 23.4. The van der Waals surface area contributed by atoms with E-state index in [0.29, 0.717) is 0 Å². The molecule has 1 fully saturated rings. The molecule has 2 rings (SSSR count). The molecule has 1 aromatic heterocycles. The molecule has 1 heterocycles. The molecule has 1 N–H and O–H groups in total. The van der Waals surface area contributed by atoms with Crippen molar-refractivity contribution in [2.45, 2.75) is 32.0 Å². The molecule has 0 saturated heterocycles. The van der Waals surface area contributed by atoms with Crippen LogP contribution in [-0.4, -0.2) is 56.1 Å². The van der Waals surface area contributed by atoms with E-state index in [9.17, 15) is 22.8 Å². The molecule has 1 amide bonds. The van der Waals surface area contributed by atoms with Gasteiger partial charge >= 0.3 is 12.1 Å². The number of hydrogen-bond acceptors (Lipinski definition) is 4. The summed E-state index contributed by atoms with van der Waals surface area (Å²) in [7, 11) is 0. The maximum Gasteiger partial charge on any atom is 0.406 e. The van der Waals surface area contributed by atoms with Crippen molar-refractivity contribution in [3.05, 3.63) is 11.9 Å². The number of nitrogens with zero attached hydrogens (tertiary/aromatic N) is 4. The average molecular weight is 320 g/mol. The van der Waals surface area contributed by atoms with Crippen LogP contribution >= 0.6 is 0 Å². The van der Waals surface area contributed by atoms with Crippen molar-refractivity contribution in [2.75, 3.05) is 13.1 Å². The zero-order valence-corrected chi connectivity index (χ0v) is 11.6. The van der Waals surface area contributed by atoms with Gasteiger partial charge in [0.25, 0.3) is 0 Å². The van der Waals surface area contributed by atoms with Gasteiger partial charge in [0.15, 0.2) is 5.69 Å². The van der Waals surface area contributed by atoms with Crippen LogP contribution in [0, 0.1) is 5.92 Å². The van der Waals surface area contributed by atoms with Crippen LogP contribution in [0.3, 0.4) is 0 Å². The van der Waals surface area contributed by atoms with E-state index in [-0.39, 0.29) is 18.2 Å². The van der Waals surface area contributed by atoms with Gasteiger partial charge in [-0.15, -0.1) is 5.10 Å². The monoisotopic (exact) mass is 320 g/mol. The molecule has 0 bridgehead atoms. The Labute approximate surface area is 123 Å². The van der Waals surface area contributed by atoms with Crippen molar-refractivity contribution in [1.82, 2.24) is 19.9 Å². The molecule has 10 heteroatoms. The third-order valence-corrected chi connectivity index (χ3v) is 3.48. The summed E-state index contributed by atoms with van der Waals surface area (Å²) < 4.78 is 38.7. The standard InChI is InChI=1S/C12H15F3N4O3/c13-12(14,15)7-18(4-8-2-1-3-8)10(20)6-19-5-9(11(21)22)16-17-19/h5,8H,1-4,6-7H2,(H,21,22). The number of carboxylic acids is 1. The number of amides is 1. The maximum atomic E-state index is 12.6. The zero-order chi connectivity index (χ0) is 16.3. The first-order valence-electron chi connectivity index (χ1n) is 6.72. The number of aromatic nitrogens is 3. The van der Waals surface area contributed by atoms with Gasteiger partial charge in [0, 0.05) is 6.54 Å². The second kappa shape index (κ2) is 6.32. The fourth-order valence-electron chi connectivity index (χ4n) is 2.17. The Hall–Kier alpha value is -2.13. The number of halogens is 3. The Morgan fingerprint density at radius 3 is 2.55 bits per heavy atom. The fourth-order valence-corrected chi connectivity index (χ4v) is 2.17. The normalized spacial score (nSPS) is 15.4. The first-order valence-corrected chi connectivity index (χ1v) is 6.72. The third-order valence-electron chi connectivity index (χ3n) is 3.48. The number of carbonyl (C=O) groups excluding carboxylic acids is 1. The predicted molar refractivity (Wildman–Crippen MR) is 67.0 cm³/mol. The van der Waals surface area contributed by atoms with Crippen LogP contribution in [0.25, 0.3) is 0 Å². The van der Waals surface area contributed by atoms with Gasteiger partial charge < -0.3 is 10.0 Å². The molecular formula is C12H15F3N4O3. The van der Waals surface area contributed by atoms with E-state index in [1.54, 1.807) is 0 Å². The maximum absolute atomic E-state index is 12.6.